The van der Waals surface area contributed by atoms with Gasteiger partial charge in [-0.15, -0.1) is 0 Å². The lowest BCUT2D eigenvalue weighted by atomic mass is 10.5. The lowest BCUT2D eigenvalue weighted by Crippen LogP contribution is -3.14. The second-order valence-electron chi connectivity index (χ2n) is 1.37. The van der Waals surface area contributed by atoms with Crippen LogP contribution in [0.2, 0.25) is 0 Å². The van der Waals surface area contributed by atoms with Crippen LogP contribution in [0.3, 0.4) is 0 Å². The van der Waals surface area contributed by atoms with Gasteiger partial charge in [0.25, 0.3) is 0 Å². The van der Waals surface area contributed by atoms with Gasteiger partial charge in [-0.25, -0.2) is 0 Å². The molecule has 5 N–H and O–H groups in total. The van der Waals surface area contributed by atoms with Crippen LogP contribution in [0.15, 0.2) is 0 Å². The molecule has 0 saturated heterocycles. The molecule has 1 unspecified atom stereocenters. The zero-order chi connectivity index (χ0) is 5.70. The molecule has 44 valence electrons. The Kier molecular flexibility index (Phi) is 3.92. The molecular formula is C3H12N4. The normalized spacial score (nSPS) is 14.1. The summed E-state index contributed by atoms with van der Waals surface area (Å²) < 4.78 is 0. The molecule has 0 spiro atoms. The summed E-state index contributed by atoms with van der Waals surface area (Å²) in [7, 11) is 0. The van der Waals surface area contributed by atoms with E-state index in [4.69, 9.17) is 11.7 Å². The Balaban J connectivity index is 2.83. The SMILES string of the molecule is CCC[NH+](N)[N-]N. The topological polar surface area (TPSA) is 70.6 Å². The van der Waals surface area contributed by atoms with E-state index in [-0.39, 0.29) is 0 Å². The number of nitrogens with two attached hydrogens (primary N) is 2. The van der Waals surface area contributed by atoms with Crippen LogP contribution >= 0.6 is 0 Å². The highest BCUT2D eigenvalue weighted by atomic mass is 15.7. The molecule has 0 fully saturated rings. The molecule has 4 heteroatoms. The molecule has 7 heavy (non-hydrogen) atoms. The van der Waals surface area contributed by atoms with E-state index >= 15 is 0 Å². The molecule has 4 nitrogen and oxygen atoms in total. The van der Waals surface area contributed by atoms with Crippen molar-refractivity contribution in [2.45, 2.75) is 13.3 Å². The van der Waals surface area contributed by atoms with Crippen LogP contribution in [-0.4, -0.2) is 6.54 Å². The number of quaternary nitrogens is 1. The Bertz CT molecular complexity index is 37.9. The van der Waals surface area contributed by atoms with Gasteiger partial charge in [0.15, 0.2) is 0 Å². The predicted molar refractivity (Wildman–Crippen MR) is 27.9 cm³/mol. The fourth-order valence-electron chi connectivity index (χ4n) is 0.321. The minimum absolute atomic E-state index is 0.530. The van der Waals surface area contributed by atoms with Crippen LogP contribution in [0.5, 0.6) is 0 Å². The zero-order valence-corrected chi connectivity index (χ0v) is 4.52. The smallest absolute Gasteiger partial charge is 0.0859 e. The van der Waals surface area contributed by atoms with Crippen molar-refractivity contribution in [2.24, 2.45) is 11.7 Å². The van der Waals surface area contributed by atoms with Gasteiger partial charge in [-0.1, -0.05) is 6.92 Å². The summed E-state index contributed by atoms with van der Waals surface area (Å²) in [5.41, 5.74) is 3.27. The Hall–Kier alpha value is -0.160. The molecule has 0 saturated carbocycles. The molecule has 0 aromatic heterocycles. The predicted octanol–water partition coefficient (Wildman–Crippen LogP) is -1.68. The largest absolute Gasteiger partial charge is 0.389 e. The van der Waals surface area contributed by atoms with E-state index in [2.05, 4.69) is 5.53 Å². The lowest BCUT2D eigenvalue weighted by molar-refractivity contribution is -0.876. The fraction of sp³-hybridized carbons (Fsp3) is 1.00. The molecule has 0 rings (SSSR count). The van der Waals surface area contributed by atoms with Crippen molar-refractivity contribution >= 4 is 0 Å². The summed E-state index contributed by atoms with van der Waals surface area (Å²) in [4.78, 5) is 0. The molecule has 0 radical (unpaired) electrons. The van der Waals surface area contributed by atoms with Crippen molar-refractivity contribution in [2.75, 3.05) is 6.54 Å². The monoisotopic (exact) mass is 104 g/mol. The highest BCUT2D eigenvalue weighted by Crippen LogP contribution is 1.60. The van der Waals surface area contributed by atoms with Crippen molar-refractivity contribution in [3.8, 4) is 0 Å². The van der Waals surface area contributed by atoms with Crippen LogP contribution in [0.25, 0.3) is 5.53 Å². The van der Waals surface area contributed by atoms with Gasteiger partial charge < -0.3 is 16.5 Å². The molecule has 0 aliphatic carbocycles. The van der Waals surface area contributed by atoms with E-state index in [0.717, 1.165) is 13.0 Å². The van der Waals surface area contributed by atoms with Gasteiger partial charge in [0.1, 0.15) is 0 Å². The number of rotatable bonds is 3. The first-order chi connectivity index (χ1) is 3.31. The Morgan fingerprint density at radius 1 is 1.71 bits per heavy atom. The summed E-state index contributed by atoms with van der Waals surface area (Å²) in [6.07, 6.45) is 1.01. The van der Waals surface area contributed by atoms with E-state index < -0.39 is 0 Å². The molecule has 0 aromatic carbocycles. The van der Waals surface area contributed by atoms with Crippen LogP contribution < -0.4 is 16.8 Å². The maximum Gasteiger partial charge on any atom is 0.0859 e. The maximum atomic E-state index is 5.21. The van der Waals surface area contributed by atoms with E-state index in [9.17, 15) is 0 Å². The van der Waals surface area contributed by atoms with E-state index in [1.54, 1.807) is 0 Å². The van der Waals surface area contributed by atoms with Crippen molar-refractivity contribution in [3.05, 3.63) is 5.53 Å². The number of nitrogens with one attached hydrogen (secondary N) is 1. The van der Waals surface area contributed by atoms with Gasteiger partial charge in [-0.05, 0) is 6.42 Å². The number of hydrogen-bond acceptors (Lipinski definition) is 2. The first-order valence-corrected chi connectivity index (χ1v) is 2.33. The van der Waals surface area contributed by atoms with Crippen molar-refractivity contribution < 1.29 is 5.12 Å². The third-order valence-electron chi connectivity index (χ3n) is 0.672. The van der Waals surface area contributed by atoms with E-state index in [0.29, 0.717) is 5.12 Å². The van der Waals surface area contributed by atoms with Gasteiger partial charge in [0.05, 0.1) is 6.54 Å². The van der Waals surface area contributed by atoms with Gasteiger partial charge in [-0.2, -0.15) is 5.84 Å². The van der Waals surface area contributed by atoms with E-state index in [1.807, 2.05) is 6.92 Å². The van der Waals surface area contributed by atoms with Crippen molar-refractivity contribution in [1.82, 2.24) is 0 Å². The van der Waals surface area contributed by atoms with Gasteiger partial charge in [0.2, 0.25) is 0 Å². The first kappa shape index (κ1) is 6.84. The minimum Gasteiger partial charge on any atom is -0.389 e. The number of hydrogen-bond donors (Lipinski definition) is 3. The third-order valence-corrected chi connectivity index (χ3v) is 0.672. The molecular weight excluding hydrogens is 92.1 g/mol. The summed E-state index contributed by atoms with van der Waals surface area (Å²) >= 11 is 0. The van der Waals surface area contributed by atoms with Crippen LogP contribution in [0.1, 0.15) is 13.3 Å². The van der Waals surface area contributed by atoms with Crippen molar-refractivity contribution in [3.63, 3.8) is 0 Å². The maximum absolute atomic E-state index is 5.21. The Morgan fingerprint density at radius 3 is 2.43 bits per heavy atom. The van der Waals surface area contributed by atoms with Gasteiger partial charge in [-0.3, -0.25) is 0 Å². The average Bonchev–Trinajstić information content (AvgIpc) is 1.68. The second-order valence-corrected chi connectivity index (χ2v) is 1.37. The summed E-state index contributed by atoms with van der Waals surface area (Å²) in [6.45, 7) is 2.83. The standard InChI is InChI=1S/C3H12N4/c1-2-3-7(5)6-4/h7H,2-5H2,1H3. The molecule has 0 amide bonds. The average molecular weight is 104 g/mol. The molecule has 0 aliphatic heterocycles. The van der Waals surface area contributed by atoms with E-state index in [1.165, 1.54) is 0 Å². The van der Waals surface area contributed by atoms with Gasteiger partial charge >= 0.3 is 0 Å². The molecule has 0 bridgehead atoms. The van der Waals surface area contributed by atoms with Crippen LogP contribution in [-0.2, 0) is 0 Å². The van der Waals surface area contributed by atoms with Gasteiger partial charge in [0, 0.05) is 0 Å². The lowest BCUT2D eigenvalue weighted by Gasteiger charge is -2.19. The highest BCUT2D eigenvalue weighted by Gasteiger charge is 1.82. The quantitative estimate of drug-likeness (QED) is 0.295. The molecule has 0 aromatic rings. The van der Waals surface area contributed by atoms with Crippen LogP contribution in [0, 0.1) is 0 Å². The number of nitrogens with zero attached hydrogens (tertiary/aromatic N) is 1. The fourth-order valence-corrected chi connectivity index (χ4v) is 0.321. The summed E-state index contributed by atoms with van der Waals surface area (Å²) in [6, 6.07) is 0. The highest BCUT2D eigenvalue weighted by molar-refractivity contribution is 4.28. The Morgan fingerprint density at radius 2 is 2.29 bits per heavy atom. The van der Waals surface area contributed by atoms with Crippen molar-refractivity contribution in [1.29, 1.82) is 0 Å². The molecule has 0 heterocycles. The third kappa shape index (κ3) is 3.68. The molecule has 0 aliphatic rings. The first-order valence-electron chi connectivity index (χ1n) is 2.33. The molecule has 1 atom stereocenters. The second kappa shape index (κ2) is 4.01. The zero-order valence-electron chi connectivity index (χ0n) is 4.52. The summed E-state index contributed by atoms with van der Waals surface area (Å²) in [5.74, 6) is 10.0. The summed E-state index contributed by atoms with van der Waals surface area (Å²) in [5, 5.41) is 0.530. The minimum atomic E-state index is 0.530. The Labute approximate surface area is 43.4 Å². The van der Waals surface area contributed by atoms with Crippen LogP contribution in [0.4, 0.5) is 0 Å².